The van der Waals surface area contributed by atoms with Crippen LogP contribution >= 0.6 is 0 Å². The molecule has 2 aliphatic rings. The summed E-state index contributed by atoms with van der Waals surface area (Å²) in [6.07, 6.45) is 2.18. The van der Waals surface area contributed by atoms with E-state index in [1.807, 2.05) is 53.4 Å². The zero-order valence-corrected chi connectivity index (χ0v) is 21.2. The normalized spacial score (nSPS) is 16.2. The van der Waals surface area contributed by atoms with Crippen molar-refractivity contribution in [3.8, 4) is 5.75 Å². The topological polar surface area (TPSA) is 61.9 Å². The van der Waals surface area contributed by atoms with Gasteiger partial charge in [-0.2, -0.15) is 0 Å². The summed E-state index contributed by atoms with van der Waals surface area (Å²) in [7, 11) is 0. The number of anilines is 1. The first kappa shape index (κ1) is 25.9. The van der Waals surface area contributed by atoms with Gasteiger partial charge in [0.25, 0.3) is 11.8 Å². The molecule has 0 bridgehead atoms. The standard InChI is InChI=1S/C30H31F2N3O3/c31-23-17-21(18-24(32)19-23)9-12-33-30(37)26-6-2-1-5-25(26)22-10-13-34(14-11-22)15-16-35-27-7-3-4-8-28(27)38-20-29(35)36/h1-8,17-19,22H,9-16,20H2,(H,33,37). The number of hydrogen-bond donors (Lipinski definition) is 1. The van der Waals surface area contributed by atoms with E-state index < -0.39 is 11.6 Å². The van der Waals surface area contributed by atoms with Crippen LogP contribution in [0.25, 0.3) is 0 Å². The molecule has 1 N–H and O–H groups in total. The fourth-order valence-corrected chi connectivity index (χ4v) is 5.34. The van der Waals surface area contributed by atoms with Crippen molar-refractivity contribution in [3.63, 3.8) is 0 Å². The summed E-state index contributed by atoms with van der Waals surface area (Å²) in [5.41, 5.74) is 3.00. The molecule has 0 spiro atoms. The van der Waals surface area contributed by atoms with E-state index in [9.17, 15) is 18.4 Å². The second-order valence-corrected chi connectivity index (χ2v) is 9.79. The van der Waals surface area contributed by atoms with Gasteiger partial charge in [-0.1, -0.05) is 30.3 Å². The molecule has 2 heterocycles. The summed E-state index contributed by atoms with van der Waals surface area (Å²) < 4.78 is 32.4. The highest BCUT2D eigenvalue weighted by molar-refractivity contribution is 5.98. The quantitative estimate of drug-likeness (QED) is 0.475. The van der Waals surface area contributed by atoms with Crippen molar-refractivity contribution in [2.75, 3.05) is 44.2 Å². The lowest BCUT2D eigenvalue weighted by atomic mass is 9.86. The molecular formula is C30H31F2N3O3. The first-order chi connectivity index (χ1) is 18.5. The van der Waals surface area contributed by atoms with Crippen LogP contribution in [0.5, 0.6) is 5.75 Å². The fraction of sp³-hybridized carbons (Fsp3) is 0.333. The maximum absolute atomic E-state index is 13.4. The minimum Gasteiger partial charge on any atom is -0.482 e. The molecule has 38 heavy (non-hydrogen) atoms. The first-order valence-electron chi connectivity index (χ1n) is 13.0. The van der Waals surface area contributed by atoms with E-state index in [4.69, 9.17) is 4.74 Å². The Morgan fingerprint density at radius 2 is 1.66 bits per heavy atom. The third-order valence-electron chi connectivity index (χ3n) is 7.30. The predicted octanol–water partition coefficient (Wildman–Crippen LogP) is 4.54. The molecule has 1 fully saturated rings. The number of halogens is 2. The number of piperidine rings is 1. The maximum Gasteiger partial charge on any atom is 0.265 e. The predicted molar refractivity (Wildman–Crippen MR) is 142 cm³/mol. The van der Waals surface area contributed by atoms with Crippen LogP contribution in [-0.2, 0) is 11.2 Å². The summed E-state index contributed by atoms with van der Waals surface area (Å²) in [6.45, 7) is 3.50. The first-order valence-corrected chi connectivity index (χ1v) is 13.0. The molecule has 198 valence electrons. The minimum absolute atomic E-state index is 0.0268. The molecule has 1 saturated heterocycles. The van der Waals surface area contributed by atoms with Crippen molar-refractivity contribution < 1.29 is 23.1 Å². The third kappa shape index (κ3) is 6.02. The number of ether oxygens (including phenoxy) is 1. The third-order valence-corrected chi connectivity index (χ3v) is 7.30. The van der Waals surface area contributed by atoms with Gasteiger partial charge in [-0.05, 0) is 79.7 Å². The van der Waals surface area contributed by atoms with Crippen LogP contribution in [0.15, 0.2) is 66.7 Å². The van der Waals surface area contributed by atoms with Crippen LogP contribution in [0.3, 0.4) is 0 Å². The Labute approximate surface area is 221 Å². The van der Waals surface area contributed by atoms with Gasteiger partial charge in [0.1, 0.15) is 17.4 Å². The average molecular weight is 520 g/mol. The van der Waals surface area contributed by atoms with Gasteiger partial charge < -0.3 is 19.9 Å². The zero-order chi connectivity index (χ0) is 26.5. The molecule has 5 rings (SSSR count). The van der Waals surface area contributed by atoms with E-state index >= 15 is 0 Å². The van der Waals surface area contributed by atoms with Gasteiger partial charge >= 0.3 is 0 Å². The lowest BCUT2D eigenvalue weighted by Gasteiger charge is -2.35. The number of carbonyl (C=O) groups excluding carboxylic acids is 2. The van der Waals surface area contributed by atoms with Gasteiger partial charge in [-0.15, -0.1) is 0 Å². The van der Waals surface area contributed by atoms with E-state index in [2.05, 4.69) is 10.2 Å². The Balaban J connectivity index is 1.14. The Morgan fingerprint density at radius 3 is 2.45 bits per heavy atom. The Kier molecular flexibility index (Phi) is 7.98. The van der Waals surface area contributed by atoms with Crippen molar-refractivity contribution in [3.05, 3.63) is 95.1 Å². The largest absolute Gasteiger partial charge is 0.482 e. The molecule has 2 aliphatic heterocycles. The van der Waals surface area contributed by atoms with Crippen molar-refractivity contribution in [1.82, 2.24) is 10.2 Å². The van der Waals surface area contributed by atoms with Gasteiger partial charge in [0.2, 0.25) is 0 Å². The molecule has 0 saturated carbocycles. The van der Waals surface area contributed by atoms with E-state index in [1.165, 1.54) is 12.1 Å². The smallest absolute Gasteiger partial charge is 0.265 e. The highest BCUT2D eigenvalue weighted by Gasteiger charge is 2.28. The van der Waals surface area contributed by atoms with Crippen LogP contribution < -0.4 is 15.0 Å². The van der Waals surface area contributed by atoms with Crippen LogP contribution in [0, 0.1) is 11.6 Å². The van der Waals surface area contributed by atoms with E-state index in [-0.39, 0.29) is 30.9 Å². The highest BCUT2D eigenvalue weighted by atomic mass is 19.1. The number of amides is 2. The van der Waals surface area contributed by atoms with Crippen molar-refractivity contribution in [1.29, 1.82) is 0 Å². The summed E-state index contributed by atoms with van der Waals surface area (Å²) in [6, 6.07) is 18.7. The summed E-state index contributed by atoms with van der Waals surface area (Å²) in [4.78, 5) is 29.6. The molecule has 0 atom stereocenters. The van der Waals surface area contributed by atoms with Gasteiger partial charge in [0.05, 0.1) is 5.69 Å². The molecule has 0 aromatic heterocycles. The van der Waals surface area contributed by atoms with Gasteiger partial charge in [-0.25, -0.2) is 8.78 Å². The molecular weight excluding hydrogens is 488 g/mol. The maximum atomic E-state index is 13.4. The summed E-state index contributed by atoms with van der Waals surface area (Å²) >= 11 is 0. The Bertz CT molecular complexity index is 1290. The lowest BCUT2D eigenvalue weighted by Crippen LogP contribution is -2.45. The molecule has 3 aromatic rings. The van der Waals surface area contributed by atoms with Gasteiger partial charge in [0.15, 0.2) is 6.61 Å². The number of fused-ring (bicyclic) bond motifs is 1. The van der Waals surface area contributed by atoms with Crippen LogP contribution in [0.2, 0.25) is 0 Å². The highest BCUT2D eigenvalue weighted by Crippen LogP contribution is 2.33. The van der Waals surface area contributed by atoms with E-state index in [1.54, 1.807) is 0 Å². The number of para-hydroxylation sites is 2. The number of nitrogens with zero attached hydrogens (tertiary/aromatic N) is 2. The van der Waals surface area contributed by atoms with Crippen LogP contribution in [-0.4, -0.2) is 56.0 Å². The Hall–Kier alpha value is -3.78. The number of rotatable bonds is 8. The van der Waals surface area contributed by atoms with Gasteiger partial charge in [-0.3, -0.25) is 9.59 Å². The summed E-state index contributed by atoms with van der Waals surface area (Å²) in [5, 5.41) is 2.90. The van der Waals surface area contributed by atoms with E-state index in [0.29, 0.717) is 24.1 Å². The lowest BCUT2D eigenvalue weighted by molar-refractivity contribution is -0.121. The fourth-order valence-electron chi connectivity index (χ4n) is 5.34. The van der Waals surface area contributed by atoms with Gasteiger partial charge in [0, 0.05) is 31.3 Å². The van der Waals surface area contributed by atoms with Crippen molar-refractivity contribution in [2.45, 2.75) is 25.2 Å². The minimum atomic E-state index is -0.621. The molecule has 0 aliphatic carbocycles. The SMILES string of the molecule is O=C(NCCc1cc(F)cc(F)c1)c1ccccc1C1CCN(CCN2C(=O)COc3ccccc32)CC1. The van der Waals surface area contributed by atoms with Crippen molar-refractivity contribution in [2.24, 2.45) is 0 Å². The van der Waals surface area contributed by atoms with Crippen LogP contribution in [0.4, 0.5) is 14.5 Å². The molecule has 6 nitrogen and oxygen atoms in total. The second kappa shape index (κ2) is 11.7. The van der Waals surface area contributed by atoms with E-state index in [0.717, 1.165) is 55.5 Å². The number of carbonyl (C=O) groups is 2. The second-order valence-electron chi connectivity index (χ2n) is 9.79. The molecule has 8 heteroatoms. The number of hydrogen-bond acceptors (Lipinski definition) is 4. The number of nitrogens with one attached hydrogen (secondary N) is 1. The monoisotopic (exact) mass is 519 g/mol. The average Bonchev–Trinajstić information content (AvgIpc) is 2.92. The molecule has 2 amide bonds. The molecule has 0 unspecified atom stereocenters. The summed E-state index contributed by atoms with van der Waals surface area (Å²) in [5.74, 6) is -0.445. The molecule has 0 radical (unpaired) electrons. The zero-order valence-electron chi connectivity index (χ0n) is 21.2. The number of likely N-dealkylation sites (tertiary alicyclic amines) is 1. The van der Waals surface area contributed by atoms with Crippen LogP contribution in [0.1, 0.15) is 40.2 Å². The Morgan fingerprint density at radius 1 is 0.947 bits per heavy atom. The van der Waals surface area contributed by atoms with Crippen molar-refractivity contribution >= 4 is 17.5 Å². The molecule has 3 aromatic carbocycles. The number of benzene rings is 3.